The van der Waals surface area contributed by atoms with Gasteiger partial charge in [-0.1, -0.05) is 29.8 Å². The Labute approximate surface area is 168 Å². The van der Waals surface area contributed by atoms with Crippen LogP contribution in [0, 0.1) is 5.92 Å². The van der Waals surface area contributed by atoms with Crippen LogP contribution in [-0.4, -0.2) is 42.3 Å². The zero-order valence-corrected chi connectivity index (χ0v) is 18.3. The fourth-order valence-corrected chi connectivity index (χ4v) is 2.87. The van der Waals surface area contributed by atoms with Crippen molar-refractivity contribution in [3.05, 3.63) is 22.2 Å². The number of hydrogen-bond donors (Lipinski definition) is 3. The number of benzene rings is 1. The summed E-state index contributed by atoms with van der Waals surface area (Å²) in [6.07, 6.45) is 0. The molecular weight excluding hydrogens is 416 g/mol. The van der Waals surface area contributed by atoms with Gasteiger partial charge in [-0.3, -0.25) is 9.59 Å². The normalized spacial score (nSPS) is 12.6. The van der Waals surface area contributed by atoms with Crippen LogP contribution in [0.2, 0.25) is 0 Å². The van der Waals surface area contributed by atoms with Crippen molar-refractivity contribution < 1.29 is 24.2 Å². The van der Waals surface area contributed by atoms with Crippen molar-refractivity contribution in [2.75, 3.05) is 13.7 Å². The zero-order valence-electron chi connectivity index (χ0n) is 16.7. The number of carboxylic acids is 1. The van der Waals surface area contributed by atoms with Crippen LogP contribution in [0.25, 0.3) is 0 Å². The second kappa shape index (κ2) is 9.94. The molecule has 0 aromatic heterocycles. The number of ether oxygens (including phenoxy) is 2. The van der Waals surface area contributed by atoms with Crippen molar-refractivity contribution in [3.63, 3.8) is 0 Å². The highest BCUT2D eigenvalue weighted by molar-refractivity contribution is 9.10. The summed E-state index contributed by atoms with van der Waals surface area (Å²) in [6.45, 7) is 9.59. The first-order valence-electron chi connectivity index (χ1n) is 8.71. The van der Waals surface area contributed by atoms with Crippen molar-refractivity contribution in [1.29, 1.82) is 0 Å². The zero-order chi connectivity index (χ0) is 20.8. The Hall–Kier alpha value is -1.80. The summed E-state index contributed by atoms with van der Waals surface area (Å²) in [5.41, 5.74) is 0.489. The lowest BCUT2D eigenvalue weighted by Crippen LogP contribution is -2.43. The number of carboxylic acid groups (broad SMARTS) is 1. The Kier molecular flexibility index (Phi) is 8.56. The SMILES string of the molecule is COc1cc(CNC(C(=O)O)C(C)C)c(Br)cc1OCC(=O)NC(C)(C)C. The minimum Gasteiger partial charge on any atom is -0.493 e. The monoisotopic (exact) mass is 444 g/mol. The van der Waals surface area contributed by atoms with Gasteiger partial charge in [-0.15, -0.1) is 0 Å². The smallest absolute Gasteiger partial charge is 0.320 e. The lowest BCUT2D eigenvalue weighted by atomic mass is 10.0. The molecule has 1 unspecified atom stereocenters. The van der Waals surface area contributed by atoms with Gasteiger partial charge < -0.3 is 25.2 Å². The molecule has 0 bridgehead atoms. The highest BCUT2D eigenvalue weighted by atomic mass is 79.9. The van der Waals surface area contributed by atoms with Gasteiger partial charge >= 0.3 is 5.97 Å². The van der Waals surface area contributed by atoms with Crippen LogP contribution >= 0.6 is 15.9 Å². The Morgan fingerprint density at radius 1 is 1.22 bits per heavy atom. The third-order valence-electron chi connectivity index (χ3n) is 3.65. The average molecular weight is 445 g/mol. The number of carbonyl (C=O) groups is 2. The van der Waals surface area contributed by atoms with E-state index in [1.807, 2.05) is 34.6 Å². The number of hydrogen-bond acceptors (Lipinski definition) is 5. The summed E-state index contributed by atoms with van der Waals surface area (Å²) in [5.74, 6) is -0.275. The van der Waals surface area contributed by atoms with Crippen LogP contribution in [0.4, 0.5) is 0 Å². The summed E-state index contributed by atoms with van der Waals surface area (Å²) in [4.78, 5) is 23.2. The van der Waals surface area contributed by atoms with Gasteiger partial charge in [0.05, 0.1) is 7.11 Å². The molecule has 1 amide bonds. The Balaban J connectivity index is 2.86. The van der Waals surface area contributed by atoms with Gasteiger partial charge in [-0.2, -0.15) is 0 Å². The van der Waals surface area contributed by atoms with E-state index in [1.165, 1.54) is 7.11 Å². The van der Waals surface area contributed by atoms with E-state index < -0.39 is 12.0 Å². The maximum Gasteiger partial charge on any atom is 0.320 e. The van der Waals surface area contributed by atoms with Gasteiger partial charge in [0.25, 0.3) is 5.91 Å². The van der Waals surface area contributed by atoms with E-state index in [-0.39, 0.29) is 24.0 Å². The van der Waals surface area contributed by atoms with Gasteiger partial charge in [0.2, 0.25) is 0 Å². The fourth-order valence-electron chi connectivity index (χ4n) is 2.41. The highest BCUT2D eigenvalue weighted by Crippen LogP contribution is 2.33. The number of nitrogens with one attached hydrogen (secondary N) is 2. The second-order valence-electron chi connectivity index (χ2n) is 7.62. The van der Waals surface area contributed by atoms with Crippen LogP contribution in [0.5, 0.6) is 11.5 Å². The van der Waals surface area contributed by atoms with Crippen LogP contribution in [0.3, 0.4) is 0 Å². The number of carbonyl (C=O) groups excluding carboxylic acids is 1. The predicted molar refractivity (Wildman–Crippen MR) is 107 cm³/mol. The number of amides is 1. The molecule has 3 N–H and O–H groups in total. The van der Waals surface area contributed by atoms with Crippen LogP contribution < -0.4 is 20.1 Å². The van der Waals surface area contributed by atoms with E-state index in [9.17, 15) is 14.7 Å². The average Bonchev–Trinajstić information content (AvgIpc) is 2.52. The molecule has 0 radical (unpaired) electrons. The first-order valence-corrected chi connectivity index (χ1v) is 9.50. The van der Waals surface area contributed by atoms with Crippen molar-refractivity contribution in [2.45, 2.75) is 52.7 Å². The van der Waals surface area contributed by atoms with Crippen LogP contribution in [-0.2, 0) is 16.1 Å². The Bertz CT molecular complexity index is 671. The van der Waals surface area contributed by atoms with Crippen LogP contribution in [0.15, 0.2) is 16.6 Å². The second-order valence-corrected chi connectivity index (χ2v) is 8.48. The molecule has 0 saturated heterocycles. The van der Waals surface area contributed by atoms with Crippen molar-refractivity contribution >= 4 is 27.8 Å². The van der Waals surface area contributed by atoms with E-state index in [0.717, 1.165) is 10.0 Å². The molecule has 1 rings (SSSR count). The third-order valence-corrected chi connectivity index (χ3v) is 4.39. The standard InChI is InChI=1S/C19H29BrN2O5/c1-11(2)17(18(24)25)21-9-12-7-14(26-6)15(8-13(12)20)27-10-16(23)22-19(3,4)5/h7-8,11,17,21H,9-10H2,1-6H3,(H,22,23)(H,24,25). The molecule has 152 valence electrons. The molecule has 1 aromatic rings. The molecule has 0 fully saturated rings. The summed E-state index contributed by atoms with van der Waals surface area (Å²) in [7, 11) is 1.51. The number of methoxy groups -OCH3 is 1. The number of rotatable bonds is 9. The molecule has 0 aliphatic rings. The first kappa shape index (κ1) is 23.2. The molecule has 0 heterocycles. The first-order chi connectivity index (χ1) is 12.4. The molecule has 0 aliphatic heterocycles. The van der Waals surface area contributed by atoms with Gasteiger partial charge in [0, 0.05) is 16.6 Å². The van der Waals surface area contributed by atoms with Gasteiger partial charge in [-0.25, -0.2) is 0 Å². The molecular formula is C19H29BrN2O5. The van der Waals surface area contributed by atoms with E-state index in [0.29, 0.717) is 18.0 Å². The lowest BCUT2D eigenvalue weighted by Gasteiger charge is -2.21. The largest absolute Gasteiger partial charge is 0.493 e. The third kappa shape index (κ3) is 7.76. The van der Waals surface area contributed by atoms with Crippen molar-refractivity contribution in [2.24, 2.45) is 5.92 Å². The molecule has 0 saturated carbocycles. The molecule has 1 aromatic carbocycles. The van der Waals surface area contributed by atoms with Gasteiger partial charge in [-0.05, 0) is 44.4 Å². The molecule has 27 heavy (non-hydrogen) atoms. The Morgan fingerprint density at radius 3 is 2.33 bits per heavy atom. The van der Waals surface area contributed by atoms with E-state index >= 15 is 0 Å². The maximum absolute atomic E-state index is 11.9. The van der Waals surface area contributed by atoms with Crippen molar-refractivity contribution in [3.8, 4) is 11.5 Å². The molecule has 8 heteroatoms. The fraction of sp³-hybridized carbons (Fsp3) is 0.579. The predicted octanol–water partition coefficient (Wildman–Crippen LogP) is 2.95. The summed E-state index contributed by atoms with van der Waals surface area (Å²) in [6, 6.07) is 2.82. The molecule has 7 nitrogen and oxygen atoms in total. The quantitative estimate of drug-likeness (QED) is 0.541. The highest BCUT2D eigenvalue weighted by Gasteiger charge is 2.21. The number of halogens is 1. The molecule has 0 spiro atoms. The molecule has 1 atom stereocenters. The van der Waals surface area contributed by atoms with Crippen LogP contribution in [0.1, 0.15) is 40.2 Å². The summed E-state index contributed by atoms with van der Waals surface area (Å²) >= 11 is 3.47. The Morgan fingerprint density at radius 2 is 1.85 bits per heavy atom. The number of aliphatic carboxylic acids is 1. The lowest BCUT2D eigenvalue weighted by molar-refractivity contribution is -0.140. The minimum absolute atomic E-state index is 0.0490. The minimum atomic E-state index is -0.891. The summed E-state index contributed by atoms with van der Waals surface area (Å²) < 4.78 is 11.7. The van der Waals surface area contributed by atoms with E-state index in [4.69, 9.17) is 9.47 Å². The summed E-state index contributed by atoms with van der Waals surface area (Å²) in [5, 5.41) is 15.1. The van der Waals surface area contributed by atoms with Gasteiger partial charge in [0.15, 0.2) is 18.1 Å². The van der Waals surface area contributed by atoms with E-state index in [1.54, 1.807) is 12.1 Å². The van der Waals surface area contributed by atoms with Crippen molar-refractivity contribution in [1.82, 2.24) is 10.6 Å². The van der Waals surface area contributed by atoms with E-state index in [2.05, 4.69) is 26.6 Å². The maximum atomic E-state index is 11.9. The topological polar surface area (TPSA) is 96.9 Å². The molecule has 0 aliphatic carbocycles. The van der Waals surface area contributed by atoms with Gasteiger partial charge in [0.1, 0.15) is 6.04 Å².